The zero-order valence-corrected chi connectivity index (χ0v) is 10.3. The molecule has 0 fully saturated rings. The van der Waals surface area contributed by atoms with Crippen molar-refractivity contribution in [2.45, 2.75) is 6.92 Å². The third kappa shape index (κ3) is 2.66. The molecule has 0 saturated heterocycles. The van der Waals surface area contributed by atoms with Crippen molar-refractivity contribution in [3.8, 4) is 5.75 Å². The van der Waals surface area contributed by atoms with Crippen LogP contribution in [0, 0.1) is 6.92 Å². The van der Waals surface area contributed by atoms with Gasteiger partial charge in [-0.05, 0) is 42.8 Å². The fourth-order valence-corrected chi connectivity index (χ4v) is 1.55. The molecular weight excluding hydrogens is 228 g/mol. The molecular formula is C14H14N2O2. The van der Waals surface area contributed by atoms with Crippen LogP contribution in [0.25, 0.3) is 0 Å². The van der Waals surface area contributed by atoms with Crippen LogP contribution in [0.4, 0.5) is 5.69 Å². The number of aryl methyl sites for hydroxylation is 1. The van der Waals surface area contributed by atoms with Crippen LogP contribution in [0.2, 0.25) is 0 Å². The van der Waals surface area contributed by atoms with E-state index < -0.39 is 0 Å². The van der Waals surface area contributed by atoms with Crippen LogP contribution in [0.5, 0.6) is 5.75 Å². The lowest BCUT2D eigenvalue weighted by Crippen LogP contribution is -2.12. The predicted molar refractivity (Wildman–Crippen MR) is 69.9 cm³/mol. The van der Waals surface area contributed by atoms with Gasteiger partial charge in [0.15, 0.2) is 0 Å². The maximum absolute atomic E-state index is 12.0. The average Bonchev–Trinajstić information content (AvgIpc) is 2.41. The highest BCUT2D eigenvalue weighted by atomic mass is 16.5. The van der Waals surface area contributed by atoms with Gasteiger partial charge in [-0.2, -0.15) is 0 Å². The first-order valence-corrected chi connectivity index (χ1v) is 5.56. The molecule has 1 aromatic carbocycles. The standard InChI is InChI=1S/C14H14N2O2/c1-10-9-15-8-7-13(10)16-14(17)11-3-5-12(18-2)6-4-11/h3-9H,1-2H3,(H,15,16,17). The van der Waals surface area contributed by atoms with Gasteiger partial charge < -0.3 is 10.1 Å². The molecule has 4 heteroatoms. The van der Waals surface area contributed by atoms with Gasteiger partial charge in [-0.15, -0.1) is 0 Å². The average molecular weight is 242 g/mol. The molecule has 0 saturated carbocycles. The number of carbonyl (C=O) groups excluding carboxylic acids is 1. The summed E-state index contributed by atoms with van der Waals surface area (Å²) in [5.74, 6) is 0.582. The molecule has 1 amide bonds. The Hall–Kier alpha value is -2.36. The van der Waals surface area contributed by atoms with Crippen molar-refractivity contribution in [2.24, 2.45) is 0 Å². The van der Waals surface area contributed by atoms with Crippen molar-refractivity contribution in [3.63, 3.8) is 0 Å². The van der Waals surface area contributed by atoms with E-state index in [2.05, 4.69) is 10.3 Å². The summed E-state index contributed by atoms with van der Waals surface area (Å²) in [6, 6.07) is 8.74. The molecule has 0 spiro atoms. The highest BCUT2D eigenvalue weighted by molar-refractivity contribution is 6.04. The fourth-order valence-electron chi connectivity index (χ4n) is 1.55. The third-order valence-electron chi connectivity index (χ3n) is 2.62. The topological polar surface area (TPSA) is 51.2 Å². The Balaban J connectivity index is 2.14. The van der Waals surface area contributed by atoms with Crippen molar-refractivity contribution in [2.75, 3.05) is 12.4 Å². The Morgan fingerprint density at radius 2 is 1.94 bits per heavy atom. The van der Waals surface area contributed by atoms with Crippen LogP contribution in [-0.4, -0.2) is 18.0 Å². The van der Waals surface area contributed by atoms with Gasteiger partial charge in [-0.25, -0.2) is 0 Å². The van der Waals surface area contributed by atoms with Crippen LogP contribution >= 0.6 is 0 Å². The van der Waals surface area contributed by atoms with Gasteiger partial charge in [-0.3, -0.25) is 9.78 Å². The summed E-state index contributed by atoms with van der Waals surface area (Å²) in [7, 11) is 1.59. The molecule has 2 aromatic rings. The van der Waals surface area contributed by atoms with E-state index >= 15 is 0 Å². The van der Waals surface area contributed by atoms with E-state index in [1.165, 1.54) is 0 Å². The van der Waals surface area contributed by atoms with Gasteiger partial charge in [-0.1, -0.05) is 0 Å². The lowest BCUT2D eigenvalue weighted by Gasteiger charge is -2.08. The molecule has 4 nitrogen and oxygen atoms in total. The first-order valence-electron chi connectivity index (χ1n) is 5.56. The summed E-state index contributed by atoms with van der Waals surface area (Å²) in [4.78, 5) is 16.0. The smallest absolute Gasteiger partial charge is 0.255 e. The van der Waals surface area contributed by atoms with Crippen molar-refractivity contribution in [1.29, 1.82) is 0 Å². The number of hydrogen-bond donors (Lipinski definition) is 1. The number of ether oxygens (including phenoxy) is 1. The third-order valence-corrected chi connectivity index (χ3v) is 2.62. The Bertz CT molecular complexity index is 550. The number of nitrogens with zero attached hydrogens (tertiary/aromatic N) is 1. The lowest BCUT2D eigenvalue weighted by atomic mass is 10.2. The number of methoxy groups -OCH3 is 1. The molecule has 0 aliphatic heterocycles. The summed E-state index contributed by atoms with van der Waals surface area (Å²) >= 11 is 0. The van der Waals surface area contributed by atoms with E-state index in [0.717, 1.165) is 17.0 Å². The molecule has 0 radical (unpaired) electrons. The van der Waals surface area contributed by atoms with Crippen LogP contribution in [0.3, 0.4) is 0 Å². The SMILES string of the molecule is COc1ccc(C(=O)Nc2ccncc2C)cc1. The second kappa shape index (κ2) is 5.31. The summed E-state index contributed by atoms with van der Waals surface area (Å²) in [5, 5.41) is 2.84. The van der Waals surface area contributed by atoms with Crippen LogP contribution in [0.1, 0.15) is 15.9 Å². The number of pyridine rings is 1. The second-order valence-electron chi connectivity index (χ2n) is 3.87. The molecule has 0 atom stereocenters. The van der Waals surface area contributed by atoms with Gasteiger partial charge in [0.05, 0.1) is 7.11 Å². The van der Waals surface area contributed by atoms with E-state index in [1.54, 1.807) is 49.8 Å². The Labute approximate surface area is 106 Å². The van der Waals surface area contributed by atoms with Gasteiger partial charge in [0.2, 0.25) is 0 Å². The molecule has 92 valence electrons. The largest absolute Gasteiger partial charge is 0.497 e. The van der Waals surface area contributed by atoms with Gasteiger partial charge in [0.1, 0.15) is 5.75 Å². The van der Waals surface area contributed by atoms with Gasteiger partial charge in [0.25, 0.3) is 5.91 Å². The lowest BCUT2D eigenvalue weighted by molar-refractivity contribution is 0.102. The molecule has 0 unspecified atom stereocenters. The zero-order chi connectivity index (χ0) is 13.0. The number of amides is 1. The van der Waals surface area contributed by atoms with Crippen LogP contribution < -0.4 is 10.1 Å². The van der Waals surface area contributed by atoms with E-state index in [0.29, 0.717) is 5.56 Å². The number of nitrogens with one attached hydrogen (secondary N) is 1. The number of hydrogen-bond acceptors (Lipinski definition) is 3. The first kappa shape index (κ1) is 12.1. The van der Waals surface area contributed by atoms with Crippen LogP contribution in [-0.2, 0) is 0 Å². The molecule has 18 heavy (non-hydrogen) atoms. The van der Waals surface area contributed by atoms with Crippen LogP contribution in [0.15, 0.2) is 42.7 Å². The molecule has 0 aliphatic carbocycles. The number of anilines is 1. The molecule has 1 heterocycles. The Kier molecular flexibility index (Phi) is 3.57. The molecule has 0 bridgehead atoms. The van der Waals surface area contributed by atoms with E-state index in [-0.39, 0.29) is 5.91 Å². The summed E-state index contributed by atoms with van der Waals surface area (Å²) < 4.78 is 5.05. The van der Waals surface area contributed by atoms with Crippen molar-refractivity contribution < 1.29 is 9.53 Å². The second-order valence-corrected chi connectivity index (χ2v) is 3.87. The Morgan fingerprint density at radius 1 is 1.22 bits per heavy atom. The normalized spacial score (nSPS) is 9.89. The molecule has 1 aromatic heterocycles. The molecule has 2 rings (SSSR count). The maximum Gasteiger partial charge on any atom is 0.255 e. The number of aromatic nitrogens is 1. The van der Waals surface area contributed by atoms with E-state index in [9.17, 15) is 4.79 Å². The van der Waals surface area contributed by atoms with E-state index in [1.807, 2.05) is 6.92 Å². The molecule has 1 N–H and O–H groups in total. The van der Waals surface area contributed by atoms with Crippen molar-refractivity contribution in [3.05, 3.63) is 53.9 Å². The van der Waals surface area contributed by atoms with Gasteiger partial charge >= 0.3 is 0 Å². The molecule has 0 aliphatic rings. The Morgan fingerprint density at radius 3 is 2.56 bits per heavy atom. The van der Waals surface area contributed by atoms with Crippen molar-refractivity contribution in [1.82, 2.24) is 4.98 Å². The maximum atomic E-state index is 12.0. The van der Waals surface area contributed by atoms with E-state index in [4.69, 9.17) is 4.74 Å². The number of carbonyl (C=O) groups is 1. The minimum Gasteiger partial charge on any atom is -0.497 e. The summed E-state index contributed by atoms with van der Waals surface area (Å²) in [6.45, 7) is 1.90. The van der Waals surface area contributed by atoms with Gasteiger partial charge in [0, 0.05) is 23.6 Å². The fraction of sp³-hybridized carbons (Fsp3) is 0.143. The summed E-state index contributed by atoms with van der Waals surface area (Å²) in [5.41, 5.74) is 2.29. The van der Waals surface area contributed by atoms with Crippen molar-refractivity contribution >= 4 is 11.6 Å². The summed E-state index contributed by atoms with van der Waals surface area (Å²) in [6.07, 6.45) is 3.36. The quantitative estimate of drug-likeness (QED) is 0.900. The highest BCUT2D eigenvalue weighted by Gasteiger charge is 2.07. The first-order chi connectivity index (χ1) is 8.70. The number of benzene rings is 1. The minimum absolute atomic E-state index is 0.146. The highest BCUT2D eigenvalue weighted by Crippen LogP contribution is 2.15. The number of rotatable bonds is 3. The zero-order valence-electron chi connectivity index (χ0n) is 10.3. The minimum atomic E-state index is -0.146. The monoisotopic (exact) mass is 242 g/mol. The predicted octanol–water partition coefficient (Wildman–Crippen LogP) is 2.65.